The number of primary amides is 1. The van der Waals surface area contributed by atoms with Crippen LogP contribution in [0.4, 0.5) is 10.5 Å². The van der Waals surface area contributed by atoms with Crippen LogP contribution in [0.2, 0.25) is 0 Å². The summed E-state index contributed by atoms with van der Waals surface area (Å²) >= 11 is 0. The molecule has 1 fully saturated rings. The normalized spacial score (nSPS) is 14.1. The zero-order chi connectivity index (χ0) is 27.7. The Balaban J connectivity index is 1.58. The molecule has 1 aliphatic heterocycles. The Hall–Kier alpha value is -4.44. The number of ether oxygens (including phenoxy) is 1. The van der Waals surface area contributed by atoms with Crippen LogP contribution in [0, 0.1) is 5.92 Å². The average molecular weight is 530 g/mol. The first-order valence-electron chi connectivity index (χ1n) is 13.0. The Morgan fingerprint density at radius 3 is 2.54 bits per heavy atom. The second-order valence-corrected chi connectivity index (χ2v) is 10.2. The molecule has 0 unspecified atom stereocenters. The summed E-state index contributed by atoms with van der Waals surface area (Å²) in [5, 5.41) is 17.5. The van der Waals surface area contributed by atoms with Crippen LogP contribution in [0.3, 0.4) is 0 Å². The average Bonchev–Trinajstić information content (AvgIpc) is 3.27. The molecule has 5 N–H and O–H groups in total. The van der Waals surface area contributed by atoms with Crippen molar-refractivity contribution in [3.63, 3.8) is 0 Å². The van der Waals surface area contributed by atoms with Crippen molar-refractivity contribution < 1.29 is 24.2 Å². The first-order valence-corrected chi connectivity index (χ1v) is 13.0. The quantitative estimate of drug-likeness (QED) is 0.204. The molecule has 202 valence electrons. The monoisotopic (exact) mass is 529 g/mol. The number of benzene rings is 3. The predicted molar refractivity (Wildman–Crippen MR) is 148 cm³/mol. The molecule has 2 amide bonds. The van der Waals surface area contributed by atoms with Gasteiger partial charge in [-0.05, 0) is 66.5 Å². The van der Waals surface area contributed by atoms with Crippen molar-refractivity contribution in [3.8, 4) is 5.75 Å². The van der Waals surface area contributed by atoms with E-state index in [4.69, 9.17) is 15.5 Å². The Bertz CT molecular complexity index is 1590. The van der Waals surface area contributed by atoms with Gasteiger partial charge in [0.25, 0.3) is 0 Å². The minimum Gasteiger partial charge on any atom is -0.449 e. The van der Waals surface area contributed by atoms with Crippen LogP contribution in [0.25, 0.3) is 21.8 Å². The fraction of sp³-hybridized carbons (Fsp3) is 0.310. The molecule has 39 heavy (non-hydrogen) atoms. The molecule has 2 heterocycles. The molecule has 10 nitrogen and oxygen atoms in total. The number of carbonyl (C=O) groups is 3. The largest absolute Gasteiger partial charge is 0.511 e. The van der Waals surface area contributed by atoms with Crippen LogP contribution in [-0.2, 0) is 11.3 Å². The topological polar surface area (TPSA) is 149 Å². The van der Waals surface area contributed by atoms with Crippen molar-refractivity contribution in [2.45, 2.75) is 39.2 Å². The molecule has 3 aromatic carbocycles. The van der Waals surface area contributed by atoms with Crippen LogP contribution in [0.15, 0.2) is 48.5 Å². The van der Waals surface area contributed by atoms with Crippen LogP contribution in [-0.4, -0.2) is 45.7 Å². The van der Waals surface area contributed by atoms with Crippen molar-refractivity contribution in [3.05, 3.63) is 65.5 Å². The molecule has 0 spiro atoms. The number of amides is 2. The van der Waals surface area contributed by atoms with Gasteiger partial charge in [0.05, 0.1) is 5.52 Å². The van der Waals surface area contributed by atoms with Gasteiger partial charge in [0.15, 0.2) is 5.75 Å². The van der Waals surface area contributed by atoms with Crippen LogP contribution >= 0.6 is 0 Å². The molecule has 0 bridgehead atoms. The van der Waals surface area contributed by atoms with E-state index < -0.39 is 12.1 Å². The smallest absolute Gasteiger partial charge is 0.449 e. The van der Waals surface area contributed by atoms with Gasteiger partial charge >= 0.3 is 6.16 Å². The number of nitrogens with zero attached hydrogens (tertiary/aromatic N) is 2. The number of hydrogen-bond acceptors (Lipinski definition) is 6. The summed E-state index contributed by atoms with van der Waals surface area (Å²) in [4.78, 5) is 41.0. The van der Waals surface area contributed by atoms with Crippen LogP contribution in [0.5, 0.6) is 5.75 Å². The Kier molecular flexibility index (Phi) is 7.21. The standard InChI is InChI=1S/C29H31N5O5/c1-16(2)27-33-25-23(34(27)15-17-3-4-18-5-6-20(26(30)35)12-21(18)11-17)13-22(14-24(25)39-29(37)38)32-28(36)19-7-9-31-10-8-19/h3-6,11-14,16,19,31H,7-10,15H2,1-2H3,(H2,30,35)(H,32,36)(H,37,38). The van der Waals surface area contributed by atoms with Gasteiger partial charge < -0.3 is 30.8 Å². The van der Waals surface area contributed by atoms with Gasteiger partial charge in [0.2, 0.25) is 11.8 Å². The van der Waals surface area contributed by atoms with E-state index in [1.807, 2.05) is 48.7 Å². The van der Waals surface area contributed by atoms with Gasteiger partial charge in [-0.25, -0.2) is 9.78 Å². The number of rotatable bonds is 7. The lowest BCUT2D eigenvalue weighted by Gasteiger charge is -2.22. The van der Waals surface area contributed by atoms with E-state index >= 15 is 0 Å². The Morgan fingerprint density at radius 1 is 1.10 bits per heavy atom. The molecule has 4 aromatic rings. The zero-order valence-electron chi connectivity index (χ0n) is 21.9. The molecule has 0 atom stereocenters. The second kappa shape index (κ2) is 10.7. The molecular formula is C29H31N5O5. The molecule has 0 radical (unpaired) electrons. The van der Waals surface area contributed by atoms with Crippen molar-refractivity contribution in [1.29, 1.82) is 0 Å². The Labute approximate surface area is 225 Å². The van der Waals surface area contributed by atoms with E-state index in [1.54, 1.807) is 12.1 Å². The maximum absolute atomic E-state index is 13.0. The van der Waals surface area contributed by atoms with Gasteiger partial charge in [-0.3, -0.25) is 9.59 Å². The summed E-state index contributed by atoms with van der Waals surface area (Å²) in [5.74, 6) is 0.107. The number of carbonyl (C=O) groups excluding carboxylic acids is 2. The van der Waals surface area contributed by atoms with E-state index in [9.17, 15) is 19.5 Å². The maximum atomic E-state index is 13.0. The number of imidazole rings is 1. The highest BCUT2D eigenvalue weighted by Crippen LogP contribution is 2.34. The van der Waals surface area contributed by atoms with Crippen molar-refractivity contribution in [2.75, 3.05) is 18.4 Å². The molecule has 5 rings (SSSR count). The van der Waals surface area contributed by atoms with Gasteiger partial charge in [-0.2, -0.15) is 0 Å². The summed E-state index contributed by atoms with van der Waals surface area (Å²) in [6.45, 7) is 6.01. The zero-order valence-corrected chi connectivity index (χ0v) is 21.9. The number of hydrogen-bond donors (Lipinski definition) is 4. The molecule has 1 saturated heterocycles. The lowest BCUT2D eigenvalue weighted by molar-refractivity contribution is -0.120. The van der Waals surface area contributed by atoms with Crippen molar-refractivity contribution in [1.82, 2.24) is 14.9 Å². The lowest BCUT2D eigenvalue weighted by Crippen LogP contribution is -2.34. The summed E-state index contributed by atoms with van der Waals surface area (Å²) in [6, 6.07) is 14.6. The third kappa shape index (κ3) is 5.56. The molecule has 0 saturated carbocycles. The number of piperidine rings is 1. The highest BCUT2D eigenvalue weighted by Gasteiger charge is 2.24. The fourth-order valence-corrected chi connectivity index (χ4v) is 5.12. The predicted octanol–water partition coefficient (Wildman–Crippen LogP) is 4.46. The number of fused-ring (bicyclic) bond motifs is 2. The highest BCUT2D eigenvalue weighted by molar-refractivity contribution is 5.98. The van der Waals surface area contributed by atoms with Crippen molar-refractivity contribution >= 4 is 45.5 Å². The van der Waals surface area contributed by atoms with Crippen LogP contribution < -0.4 is 21.1 Å². The van der Waals surface area contributed by atoms with E-state index in [-0.39, 0.29) is 23.5 Å². The number of anilines is 1. The van der Waals surface area contributed by atoms with Gasteiger partial charge in [0, 0.05) is 35.7 Å². The molecular weight excluding hydrogens is 498 g/mol. The second-order valence-electron chi connectivity index (χ2n) is 10.2. The van der Waals surface area contributed by atoms with E-state index in [0.29, 0.717) is 28.8 Å². The van der Waals surface area contributed by atoms with Gasteiger partial charge in [-0.15, -0.1) is 0 Å². The minimum atomic E-state index is -1.46. The lowest BCUT2D eigenvalue weighted by atomic mass is 9.97. The van der Waals surface area contributed by atoms with E-state index in [2.05, 4.69) is 10.6 Å². The van der Waals surface area contributed by atoms with E-state index in [0.717, 1.165) is 48.1 Å². The highest BCUT2D eigenvalue weighted by atomic mass is 16.7. The third-order valence-electron chi connectivity index (χ3n) is 7.07. The van der Waals surface area contributed by atoms with Crippen LogP contribution in [0.1, 0.15) is 54.4 Å². The first kappa shape index (κ1) is 26.2. The molecule has 10 heteroatoms. The SMILES string of the molecule is CC(C)c1nc2c(OC(=O)O)cc(NC(=O)C3CCNCC3)cc2n1Cc1ccc2ccc(C(N)=O)cc2c1. The molecule has 0 aliphatic carbocycles. The fourth-order valence-electron chi connectivity index (χ4n) is 5.12. The summed E-state index contributed by atoms with van der Waals surface area (Å²) in [6.07, 6.45) is 0.0154. The summed E-state index contributed by atoms with van der Waals surface area (Å²) in [7, 11) is 0. The summed E-state index contributed by atoms with van der Waals surface area (Å²) in [5.41, 5.74) is 8.35. The minimum absolute atomic E-state index is 0.0183. The number of nitrogens with two attached hydrogens (primary N) is 1. The third-order valence-corrected chi connectivity index (χ3v) is 7.07. The number of carboxylic acid groups (broad SMARTS) is 1. The number of nitrogens with one attached hydrogen (secondary N) is 2. The van der Waals surface area contributed by atoms with Crippen molar-refractivity contribution in [2.24, 2.45) is 11.7 Å². The first-order chi connectivity index (χ1) is 18.7. The van der Waals surface area contributed by atoms with Gasteiger partial charge in [0.1, 0.15) is 11.3 Å². The number of aromatic nitrogens is 2. The molecule has 1 aromatic heterocycles. The Morgan fingerprint density at radius 2 is 1.85 bits per heavy atom. The summed E-state index contributed by atoms with van der Waals surface area (Å²) < 4.78 is 7.13. The maximum Gasteiger partial charge on any atom is 0.511 e. The molecule has 1 aliphatic rings. The van der Waals surface area contributed by atoms with E-state index in [1.165, 1.54) is 6.07 Å². The van der Waals surface area contributed by atoms with Gasteiger partial charge in [-0.1, -0.05) is 32.0 Å².